The third-order valence-corrected chi connectivity index (χ3v) is 6.66. The fraction of sp³-hybridized carbons (Fsp3) is 0.0417. The Morgan fingerprint density at radius 3 is 2.54 bits per heavy atom. The zero-order chi connectivity index (χ0) is 24.6. The summed E-state index contributed by atoms with van der Waals surface area (Å²) >= 11 is 0. The first-order valence-corrected chi connectivity index (χ1v) is 11.7. The van der Waals surface area contributed by atoms with Gasteiger partial charge in [-0.05, 0) is 41.8 Å². The molecule has 0 amide bonds. The molecule has 0 spiro atoms. The van der Waals surface area contributed by atoms with Crippen molar-refractivity contribution in [2.24, 2.45) is 0 Å². The van der Waals surface area contributed by atoms with Gasteiger partial charge >= 0.3 is 0 Å². The van der Waals surface area contributed by atoms with Crippen LogP contribution in [0.1, 0.15) is 0 Å². The second-order valence-corrected chi connectivity index (χ2v) is 9.12. The number of benzene rings is 2. The smallest absolute Gasteiger partial charge is 0.263 e. The Labute approximate surface area is 198 Å². The molecule has 0 aliphatic heterocycles. The maximum absolute atomic E-state index is 14.9. The molecule has 35 heavy (non-hydrogen) atoms. The average molecular weight is 494 g/mol. The van der Waals surface area contributed by atoms with Gasteiger partial charge in [0.15, 0.2) is 5.82 Å². The van der Waals surface area contributed by atoms with Crippen LogP contribution in [0.3, 0.4) is 0 Å². The summed E-state index contributed by atoms with van der Waals surface area (Å²) in [6.07, 6.45) is 4.00. The fourth-order valence-electron chi connectivity index (χ4n) is 3.66. The van der Waals surface area contributed by atoms with E-state index in [1.54, 1.807) is 18.2 Å². The highest BCUT2D eigenvalue weighted by atomic mass is 32.2. The van der Waals surface area contributed by atoms with E-state index >= 15 is 0 Å². The topological polar surface area (TPSA) is 107 Å². The molecule has 0 atom stereocenters. The third kappa shape index (κ3) is 4.28. The van der Waals surface area contributed by atoms with Crippen molar-refractivity contribution in [1.29, 1.82) is 0 Å². The Morgan fingerprint density at radius 2 is 1.83 bits per heavy atom. The molecule has 0 bridgehead atoms. The SMILES string of the molecule is COc1cc(F)c(-c2ccc(F)nc2)cc1-c1nccc2cc(S(=O)(=O)Nc3ccon3)ccc12. The van der Waals surface area contributed by atoms with Crippen LogP contribution < -0.4 is 9.46 Å². The molecule has 3 aromatic heterocycles. The van der Waals surface area contributed by atoms with Crippen molar-refractivity contribution in [2.75, 3.05) is 11.8 Å². The van der Waals surface area contributed by atoms with Crippen LogP contribution in [-0.2, 0) is 10.0 Å². The number of fused-ring (bicyclic) bond motifs is 1. The average Bonchev–Trinajstić information content (AvgIpc) is 3.36. The predicted octanol–water partition coefficient (Wildman–Crippen LogP) is 5.04. The zero-order valence-corrected chi connectivity index (χ0v) is 18.9. The van der Waals surface area contributed by atoms with Crippen molar-refractivity contribution >= 4 is 26.6 Å². The summed E-state index contributed by atoms with van der Waals surface area (Å²) in [6.45, 7) is 0. The molecule has 2 aromatic carbocycles. The number of hydrogen-bond acceptors (Lipinski definition) is 7. The molecule has 0 saturated heterocycles. The largest absolute Gasteiger partial charge is 0.496 e. The maximum atomic E-state index is 14.9. The first kappa shape index (κ1) is 22.4. The summed E-state index contributed by atoms with van der Waals surface area (Å²) in [7, 11) is -2.52. The predicted molar refractivity (Wildman–Crippen MR) is 124 cm³/mol. The molecule has 0 unspecified atom stereocenters. The molecule has 0 fully saturated rings. The fourth-order valence-corrected chi connectivity index (χ4v) is 4.69. The van der Waals surface area contributed by atoms with Crippen molar-refractivity contribution < 1.29 is 26.5 Å². The molecule has 1 N–H and O–H groups in total. The quantitative estimate of drug-likeness (QED) is 0.330. The lowest BCUT2D eigenvalue weighted by Gasteiger charge is -2.14. The lowest BCUT2D eigenvalue weighted by atomic mass is 9.98. The molecular weight excluding hydrogens is 478 g/mol. The van der Waals surface area contributed by atoms with Crippen LogP contribution >= 0.6 is 0 Å². The Morgan fingerprint density at radius 1 is 0.971 bits per heavy atom. The van der Waals surface area contributed by atoms with Crippen molar-refractivity contribution in [3.63, 3.8) is 0 Å². The first-order valence-electron chi connectivity index (χ1n) is 10.2. The van der Waals surface area contributed by atoms with Crippen LogP contribution in [0.25, 0.3) is 33.2 Å². The lowest BCUT2D eigenvalue weighted by molar-refractivity contribution is 0.413. The number of ether oxygens (including phenoxy) is 1. The number of methoxy groups -OCH3 is 1. The summed E-state index contributed by atoms with van der Waals surface area (Å²) in [5.74, 6) is -0.973. The summed E-state index contributed by atoms with van der Waals surface area (Å²) < 4.78 is 66.1. The van der Waals surface area contributed by atoms with Gasteiger partial charge in [-0.15, -0.1) is 0 Å². The van der Waals surface area contributed by atoms with Crippen LogP contribution in [-0.4, -0.2) is 30.7 Å². The van der Waals surface area contributed by atoms with Gasteiger partial charge in [0, 0.05) is 46.6 Å². The summed E-state index contributed by atoms with van der Waals surface area (Å²) in [5, 5.41) is 4.75. The molecule has 0 aliphatic carbocycles. The van der Waals surface area contributed by atoms with Crippen molar-refractivity contribution in [2.45, 2.75) is 4.90 Å². The van der Waals surface area contributed by atoms with Crippen LogP contribution in [0.5, 0.6) is 5.75 Å². The molecule has 5 rings (SSSR count). The normalized spacial score (nSPS) is 11.5. The minimum atomic E-state index is -3.92. The molecule has 0 saturated carbocycles. The van der Waals surface area contributed by atoms with Gasteiger partial charge in [0.1, 0.15) is 17.8 Å². The van der Waals surface area contributed by atoms with Crippen LogP contribution in [0.15, 0.2) is 82.7 Å². The van der Waals surface area contributed by atoms with Gasteiger partial charge in [0.05, 0.1) is 17.7 Å². The summed E-state index contributed by atoms with van der Waals surface area (Å²) in [4.78, 5) is 8.06. The van der Waals surface area contributed by atoms with E-state index in [0.29, 0.717) is 27.6 Å². The van der Waals surface area contributed by atoms with E-state index in [9.17, 15) is 17.2 Å². The van der Waals surface area contributed by atoms with E-state index in [4.69, 9.17) is 4.74 Å². The van der Waals surface area contributed by atoms with E-state index in [1.807, 2.05) is 0 Å². The minimum absolute atomic E-state index is 0.00861. The summed E-state index contributed by atoms with van der Waals surface area (Å²) in [6, 6.07) is 12.9. The molecule has 176 valence electrons. The number of rotatable bonds is 6. The number of hydrogen-bond donors (Lipinski definition) is 1. The molecule has 8 nitrogen and oxygen atoms in total. The number of aromatic nitrogens is 3. The Bertz CT molecular complexity index is 1640. The van der Waals surface area contributed by atoms with Crippen LogP contribution in [0.2, 0.25) is 0 Å². The van der Waals surface area contributed by atoms with E-state index in [0.717, 1.165) is 6.07 Å². The standard InChI is InChI=1S/C24H16F2N4O4S/c1-33-21-12-20(25)18(15-2-5-22(26)28-13-15)11-19(21)24-17-4-3-16(10-14(17)6-8-27-24)35(31,32)30-23-7-9-34-29-23/h2-13H,1H3,(H,29,30). The molecule has 3 heterocycles. The number of anilines is 1. The van der Waals surface area contributed by atoms with Gasteiger partial charge in [-0.1, -0.05) is 11.2 Å². The molecule has 11 heteroatoms. The molecular formula is C24H16F2N4O4S. The van der Waals surface area contributed by atoms with Gasteiger partial charge in [-0.25, -0.2) is 17.8 Å². The van der Waals surface area contributed by atoms with Gasteiger partial charge in [-0.2, -0.15) is 4.39 Å². The monoisotopic (exact) mass is 494 g/mol. The molecule has 0 radical (unpaired) electrons. The van der Waals surface area contributed by atoms with Crippen molar-refractivity contribution in [3.05, 3.63) is 85.0 Å². The van der Waals surface area contributed by atoms with E-state index < -0.39 is 21.8 Å². The highest BCUT2D eigenvalue weighted by Gasteiger charge is 2.20. The Hall–Kier alpha value is -4.38. The van der Waals surface area contributed by atoms with E-state index in [2.05, 4.69) is 24.4 Å². The van der Waals surface area contributed by atoms with Gasteiger partial charge in [0.2, 0.25) is 5.95 Å². The van der Waals surface area contributed by atoms with Gasteiger partial charge in [-0.3, -0.25) is 9.71 Å². The number of nitrogens with zero attached hydrogens (tertiary/aromatic N) is 3. The van der Waals surface area contributed by atoms with Gasteiger partial charge in [0.25, 0.3) is 10.0 Å². The number of halogens is 2. The van der Waals surface area contributed by atoms with Gasteiger partial charge < -0.3 is 9.26 Å². The van der Waals surface area contributed by atoms with Crippen molar-refractivity contribution in [1.82, 2.24) is 15.1 Å². The number of pyridine rings is 2. The zero-order valence-electron chi connectivity index (χ0n) is 18.1. The summed E-state index contributed by atoms with van der Waals surface area (Å²) in [5.41, 5.74) is 1.47. The van der Waals surface area contributed by atoms with Crippen molar-refractivity contribution in [3.8, 4) is 28.1 Å². The van der Waals surface area contributed by atoms with E-state index in [-0.39, 0.29) is 22.0 Å². The van der Waals surface area contributed by atoms with E-state index in [1.165, 1.54) is 56.1 Å². The maximum Gasteiger partial charge on any atom is 0.263 e. The highest BCUT2D eigenvalue weighted by Crippen LogP contribution is 2.38. The highest BCUT2D eigenvalue weighted by molar-refractivity contribution is 7.92. The van der Waals surface area contributed by atoms with Crippen LogP contribution in [0, 0.1) is 11.8 Å². The molecule has 0 aliphatic rings. The lowest BCUT2D eigenvalue weighted by Crippen LogP contribution is -2.13. The third-order valence-electron chi connectivity index (χ3n) is 5.31. The molecule has 5 aromatic rings. The second-order valence-electron chi connectivity index (χ2n) is 7.43. The minimum Gasteiger partial charge on any atom is -0.496 e. The Kier molecular flexibility index (Phi) is 5.61. The number of sulfonamides is 1. The van der Waals surface area contributed by atoms with Crippen LogP contribution in [0.4, 0.5) is 14.6 Å². The number of nitrogens with one attached hydrogen (secondary N) is 1. The first-order chi connectivity index (χ1) is 16.9. The second kappa shape index (κ2) is 8.76. The Balaban J connectivity index is 1.63.